The summed E-state index contributed by atoms with van der Waals surface area (Å²) < 4.78 is 40.7. The van der Waals surface area contributed by atoms with Crippen molar-refractivity contribution in [1.82, 2.24) is 9.97 Å². The minimum Gasteiger partial charge on any atom is -0.329 e. The smallest absolute Gasteiger partial charge is 0.329 e. The Bertz CT molecular complexity index is 1040. The molecule has 3 aromatic rings. The Hall–Kier alpha value is -3.60. The first-order valence-electron chi connectivity index (χ1n) is 8.69. The summed E-state index contributed by atoms with van der Waals surface area (Å²) in [6.45, 7) is 1.90. The minimum absolute atomic E-state index is 0.108. The molecule has 8 heteroatoms. The second-order valence-electron chi connectivity index (χ2n) is 6.52. The highest BCUT2D eigenvalue weighted by molar-refractivity contribution is 5.66. The van der Waals surface area contributed by atoms with Crippen molar-refractivity contribution in [1.29, 1.82) is 5.26 Å². The second kappa shape index (κ2) is 7.80. The van der Waals surface area contributed by atoms with E-state index in [9.17, 15) is 13.2 Å². The summed E-state index contributed by atoms with van der Waals surface area (Å²) in [7, 11) is 3.19. The lowest BCUT2D eigenvalue weighted by atomic mass is 10.2. The molecule has 0 aliphatic heterocycles. The van der Waals surface area contributed by atoms with Crippen molar-refractivity contribution in [3.05, 3.63) is 71.4 Å². The van der Waals surface area contributed by atoms with Crippen molar-refractivity contribution in [3.63, 3.8) is 0 Å². The van der Waals surface area contributed by atoms with Crippen molar-refractivity contribution in [2.75, 3.05) is 23.9 Å². The van der Waals surface area contributed by atoms with E-state index in [4.69, 9.17) is 5.26 Å². The summed E-state index contributed by atoms with van der Waals surface area (Å²) in [5.74, 6) is -0.136. The number of anilines is 4. The first-order valence-corrected chi connectivity index (χ1v) is 8.69. The highest BCUT2D eigenvalue weighted by atomic mass is 19.4. The van der Waals surface area contributed by atoms with Crippen molar-refractivity contribution in [3.8, 4) is 6.07 Å². The number of alkyl halides is 3. The lowest BCUT2D eigenvalue weighted by molar-refractivity contribution is -0.137. The van der Waals surface area contributed by atoms with Crippen LogP contribution in [0.2, 0.25) is 0 Å². The van der Waals surface area contributed by atoms with E-state index in [-0.39, 0.29) is 11.8 Å². The predicted octanol–water partition coefficient (Wildman–Crippen LogP) is 5.21. The molecule has 0 amide bonds. The molecule has 0 bridgehead atoms. The average molecular weight is 397 g/mol. The van der Waals surface area contributed by atoms with Crippen molar-refractivity contribution in [2.45, 2.75) is 13.1 Å². The number of benzene rings is 2. The van der Waals surface area contributed by atoms with E-state index in [0.717, 1.165) is 11.8 Å². The van der Waals surface area contributed by atoms with Gasteiger partial charge >= 0.3 is 6.18 Å². The zero-order valence-corrected chi connectivity index (χ0v) is 16.1. The SMILES string of the molecule is Cc1ccc(N(C)c2nc(N(C)c3ccc(C#N)cc3)ncc2C(F)(F)F)cc1. The Labute approximate surface area is 166 Å². The van der Waals surface area contributed by atoms with Gasteiger partial charge in [0.1, 0.15) is 5.56 Å². The van der Waals surface area contributed by atoms with E-state index < -0.39 is 11.7 Å². The summed E-state index contributed by atoms with van der Waals surface area (Å²) >= 11 is 0. The number of nitriles is 1. The van der Waals surface area contributed by atoms with Crippen LogP contribution in [0.15, 0.2) is 54.7 Å². The maximum absolute atomic E-state index is 13.6. The van der Waals surface area contributed by atoms with Crippen LogP contribution in [0, 0.1) is 18.3 Å². The summed E-state index contributed by atoms with van der Waals surface area (Å²) in [5, 5.41) is 8.91. The normalized spacial score (nSPS) is 11.1. The van der Waals surface area contributed by atoms with Crippen LogP contribution in [0.3, 0.4) is 0 Å². The van der Waals surface area contributed by atoms with Gasteiger partial charge in [-0.05, 0) is 43.3 Å². The number of aromatic nitrogens is 2. The van der Waals surface area contributed by atoms with Gasteiger partial charge in [0.25, 0.3) is 0 Å². The number of aryl methyl sites for hydroxylation is 1. The molecule has 2 aromatic carbocycles. The van der Waals surface area contributed by atoms with Crippen LogP contribution < -0.4 is 9.80 Å². The van der Waals surface area contributed by atoms with Gasteiger partial charge in [-0.25, -0.2) is 4.98 Å². The van der Waals surface area contributed by atoms with Crippen LogP contribution in [0.4, 0.5) is 36.3 Å². The number of rotatable bonds is 4. The van der Waals surface area contributed by atoms with Gasteiger partial charge in [0.05, 0.1) is 11.6 Å². The van der Waals surface area contributed by atoms with Gasteiger partial charge in [-0.1, -0.05) is 17.7 Å². The summed E-state index contributed by atoms with van der Waals surface area (Å²) in [5.41, 5.74) is 1.79. The van der Waals surface area contributed by atoms with Crippen LogP contribution in [0.1, 0.15) is 16.7 Å². The highest BCUT2D eigenvalue weighted by Gasteiger charge is 2.37. The van der Waals surface area contributed by atoms with E-state index in [1.165, 1.54) is 11.9 Å². The Morgan fingerprint density at radius 3 is 2.00 bits per heavy atom. The molecule has 1 aromatic heterocycles. The molecule has 0 atom stereocenters. The van der Waals surface area contributed by atoms with E-state index in [2.05, 4.69) is 9.97 Å². The van der Waals surface area contributed by atoms with E-state index in [1.807, 2.05) is 25.1 Å². The summed E-state index contributed by atoms with van der Waals surface area (Å²) in [6.07, 6.45) is -3.80. The molecular weight excluding hydrogens is 379 g/mol. The molecule has 0 spiro atoms. The number of hydrogen-bond donors (Lipinski definition) is 0. The Morgan fingerprint density at radius 2 is 1.45 bits per heavy atom. The summed E-state index contributed by atoms with van der Waals surface area (Å²) in [6, 6.07) is 15.8. The quantitative estimate of drug-likeness (QED) is 0.605. The van der Waals surface area contributed by atoms with Gasteiger partial charge in [-0.15, -0.1) is 0 Å². The fourth-order valence-corrected chi connectivity index (χ4v) is 2.75. The standard InChI is InChI=1S/C21H18F3N5/c1-14-4-8-16(9-5-14)28(2)19-18(21(22,23)24)13-26-20(27-19)29(3)17-10-6-15(12-25)7-11-17/h4-11,13H,1-3H3. The van der Waals surface area contributed by atoms with Gasteiger partial charge < -0.3 is 9.80 Å². The van der Waals surface area contributed by atoms with Gasteiger partial charge in [-0.3, -0.25) is 0 Å². The maximum atomic E-state index is 13.6. The molecule has 148 valence electrons. The third-order valence-corrected chi connectivity index (χ3v) is 4.48. The number of nitrogens with zero attached hydrogens (tertiary/aromatic N) is 5. The minimum atomic E-state index is -4.60. The number of halogens is 3. The molecule has 3 rings (SSSR count). The lowest BCUT2D eigenvalue weighted by Gasteiger charge is -2.25. The van der Waals surface area contributed by atoms with Crippen LogP contribution >= 0.6 is 0 Å². The second-order valence-corrected chi connectivity index (χ2v) is 6.52. The Morgan fingerprint density at radius 1 is 0.897 bits per heavy atom. The van der Waals surface area contributed by atoms with Gasteiger partial charge in [0, 0.05) is 31.7 Å². The lowest BCUT2D eigenvalue weighted by Crippen LogP contribution is -2.21. The monoisotopic (exact) mass is 397 g/mol. The fourth-order valence-electron chi connectivity index (χ4n) is 2.75. The fraction of sp³-hybridized carbons (Fsp3) is 0.190. The first-order chi connectivity index (χ1) is 13.7. The largest absolute Gasteiger partial charge is 0.421 e. The van der Waals surface area contributed by atoms with Gasteiger partial charge in [-0.2, -0.15) is 23.4 Å². The van der Waals surface area contributed by atoms with E-state index >= 15 is 0 Å². The van der Waals surface area contributed by atoms with Crippen molar-refractivity contribution >= 4 is 23.1 Å². The molecule has 0 aliphatic rings. The molecule has 0 radical (unpaired) electrons. The summed E-state index contributed by atoms with van der Waals surface area (Å²) in [4.78, 5) is 11.1. The third kappa shape index (κ3) is 4.29. The molecule has 0 fully saturated rings. The molecule has 0 saturated heterocycles. The molecule has 0 unspecified atom stereocenters. The maximum Gasteiger partial charge on any atom is 0.421 e. The van der Waals surface area contributed by atoms with Crippen LogP contribution in [-0.4, -0.2) is 24.1 Å². The molecule has 0 aliphatic carbocycles. The predicted molar refractivity (Wildman–Crippen MR) is 105 cm³/mol. The van der Waals surface area contributed by atoms with Gasteiger partial charge in [0.2, 0.25) is 5.95 Å². The number of hydrogen-bond acceptors (Lipinski definition) is 5. The molecule has 1 heterocycles. The molecule has 29 heavy (non-hydrogen) atoms. The first kappa shape index (κ1) is 20.1. The zero-order chi connectivity index (χ0) is 21.2. The molecule has 0 saturated carbocycles. The topological polar surface area (TPSA) is 56.1 Å². The van der Waals surface area contributed by atoms with Gasteiger partial charge in [0.15, 0.2) is 5.82 Å². The Balaban J connectivity index is 2.05. The van der Waals surface area contributed by atoms with Crippen LogP contribution in [-0.2, 0) is 6.18 Å². The van der Waals surface area contributed by atoms with Crippen LogP contribution in [0.5, 0.6) is 0 Å². The van der Waals surface area contributed by atoms with Crippen molar-refractivity contribution in [2.24, 2.45) is 0 Å². The highest BCUT2D eigenvalue weighted by Crippen LogP contribution is 2.38. The van der Waals surface area contributed by atoms with Crippen LogP contribution in [0.25, 0.3) is 0 Å². The zero-order valence-electron chi connectivity index (χ0n) is 16.1. The Kier molecular flexibility index (Phi) is 5.41. The molecule has 0 N–H and O–H groups in total. The van der Waals surface area contributed by atoms with Crippen molar-refractivity contribution < 1.29 is 13.2 Å². The van der Waals surface area contributed by atoms with E-state index in [1.54, 1.807) is 48.3 Å². The molecular formula is C21H18F3N5. The average Bonchev–Trinajstić information content (AvgIpc) is 2.72. The molecule has 5 nitrogen and oxygen atoms in total. The van der Waals surface area contributed by atoms with E-state index in [0.29, 0.717) is 16.9 Å². The third-order valence-electron chi connectivity index (χ3n) is 4.48.